The van der Waals surface area contributed by atoms with E-state index in [-0.39, 0.29) is 5.66 Å². The molecular formula is C19H38N4. The number of hydrogen-bond acceptors (Lipinski definition) is 3. The second kappa shape index (κ2) is 10.8. The van der Waals surface area contributed by atoms with Crippen LogP contribution in [0.15, 0.2) is 12.7 Å². The summed E-state index contributed by atoms with van der Waals surface area (Å²) in [7, 11) is 0. The largest absolute Gasteiger partial charge is 0.307 e. The monoisotopic (exact) mass is 322 g/mol. The van der Waals surface area contributed by atoms with Gasteiger partial charge in [0.1, 0.15) is 18.3 Å². The quantitative estimate of drug-likeness (QED) is 0.549. The first-order valence-electron chi connectivity index (χ1n) is 9.73. The van der Waals surface area contributed by atoms with Gasteiger partial charge < -0.3 is 5.73 Å². The fourth-order valence-electron chi connectivity index (χ4n) is 3.60. The molecule has 0 aliphatic carbocycles. The second-order valence-corrected chi connectivity index (χ2v) is 7.18. The van der Waals surface area contributed by atoms with Crippen LogP contribution < -0.4 is 5.73 Å². The van der Waals surface area contributed by atoms with E-state index in [0.29, 0.717) is 11.8 Å². The van der Waals surface area contributed by atoms with Crippen LogP contribution in [0.5, 0.6) is 0 Å². The predicted octanol–water partition coefficient (Wildman–Crippen LogP) is 5.10. The molecule has 0 saturated carbocycles. The van der Waals surface area contributed by atoms with Gasteiger partial charge in [-0.1, -0.05) is 79.1 Å². The summed E-state index contributed by atoms with van der Waals surface area (Å²) in [6.45, 7) is 9.10. The summed E-state index contributed by atoms with van der Waals surface area (Å²) in [5.74, 6) is 1.35. The average Bonchev–Trinajstić information content (AvgIpc) is 3.10. The van der Waals surface area contributed by atoms with Gasteiger partial charge in [-0.3, -0.25) is 0 Å². The maximum atomic E-state index is 6.92. The normalized spacial score (nSPS) is 16.9. The molecule has 0 radical (unpaired) electrons. The van der Waals surface area contributed by atoms with Crippen molar-refractivity contribution >= 4 is 0 Å². The van der Waals surface area contributed by atoms with Crippen LogP contribution >= 0.6 is 0 Å². The Morgan fingerprint density at radius 3 is 1.83 bits per heavy atom. The molecule has 0 aliphatic heterocycles. The van der Waals surface area contributed by atoms with E-state index >= 15 is 0 Å². The van der Waals surface area contributed by atoms with Crippen molar-refractivity contribution < 1.29 is 0 Å². The minimum atomic E-state index is -0.390. The van der Waals surface area contributed by atoms with E-state index in [9.17, 15) is 0 Å². The summed E-state index contributed by atoms with van der Waals surface area (Å²) >= 11 is 0. The molecule has 1 heterocycles. The summed E-state index contributed by atoms with van der Waals surface area (Å²) in [4.78, 5) is 4.15. The lowest BCUT2D eigenvalue weighted by atomic mass is 9.82. The zero-order chi connectivity index (χ0) is 17.1. The van der Waals surface area contributed by atoms with E-state index in [2.05, 4.69) is 37.8 Å². The Labute approximate surface area is 143 Å². The molecule has 1 aromatic heterocycles. The molecule has 23 heavy (non-hydrogen) atoms. The molecule has 0 fully saturated rings. The van der Waals surface area contributed by atoms with Crippen LogP contribution in [0, 0.1) is 11.8 Å². The summed E-state index contributed by atoms with van der Waals surface area (Å²) in [6.07, 6.45) is 15.5. The van der Waals surface area contributed by atoms with Crippen LogP contribution in [0.4, 0.5) is 0 Å². The van der Waals surface area contributed by atoms with Crippen molar-refractivity contribution in [3.63, 3.8) is 0 Å². The number of nitrogens with two attached hydrogens (primary N) is 1. The number of nitrogens with zero attached hydrogens (tertiary/aromatic N) is 3. The third-order valence-electron chi connectivity index (χ3n) is 5.25. The highest BCUT2D eigenvalue weighted by molar-refractivity contribution is 4.85. The van der Waals surface area contributed by atoms with E-state index < -0.39 is 0 Å². The van der Waals surface area contributed by atoms with Crippen LogP contribution in [-0.4, -0.2) is 14.8 Å². The van der Waals surface area contributed by atoms with E-state index in [4.69, 9.17) is 5.73 Å². The van der Waals surface area contributed by atoms with Gasteiger partial charge in [-0.15, -0.1) is 0 Å². The number of unbranched alkanes of at least 4 members (excludes halogenated alkanes) is 2. The molecule has 1 rings (SSSR count). The van der Waals surface area contributed by atoms with Gasteiger partial charge >= 0.3 is 0 Å². The van der Waals surface area contributed by atoms with Crippen molar-refractivity contribution in [1.82, 2.24) is 14.8 Å². The zero-order valence-corrected chi connectivity index (χ0v) is 15.8. The van der Waals surface area contributed by atoms with Crippen molar-refractivity contribution in [2.75, 3.05) is 0 Å². The molecule has 0 aliphatic rings. The van der Waals surface area contributed by atoms with Gasteiger partial charge in [0.25, 0.3) is 0 Å². The van der Waals surface area contributed by atoms with Gasteiger partial charge in [0, 0.05) is 0 Å². The first-order valence-corrected chi connectivity index (χ1v) is 9.73. The molecule has 2 N–H and O–H groups in total. The van der Waals surface area contributed by atoms with Gasteiger partial charge in [0.2, 0.25) is 0 Å². The standard InChI is InChI=1S/C19H38N4/c1-5-9-11-17(7-3)13-19(20,23-16-21-15-22-23)14-18(8-4)12-10-6-2/h15-18H,5-14,20H2,1-4H3. The molecule has 134 valence electrons. The molecule has 4 heteroatoms. The molecular weight excluding hydrogens is 284 g/mol. The van der Waals surface area contributed by atoms with Crippen molar-refractivity contribution in [2.45, 2.75) is 97.6 Å². The van der Waals surface area contributed by atoms with Gasteiger partial charge in [-0.05, 0) is 24.7 Å². The predicted molar refractivity (Wildman–Crippen MR) is 98.0 cm³/mol. The first-order chi connectivity index (χ1) is 11.1. The van der Waals surface area contributed by atoms with Crippen molar-refractivity contribution in [3.05, 3.63) is 12.7 Å². The average molecular weight is 323 g/mol. The Morgan fingerprint density at radius 2 is 1.48 bits per heavy atom. The molecule has 0 amide bonds. The lowest BCUT2D eigenvalue weighted by Gasteiger charge is -2.36. The van der Waals surface area contributed by atoms with Crippen molar-refractivity contribution in [2.24, 2.45) is 17.6 Å². The van der Waals surface area contributed by atoms with E-state index in [0.717, 1.165) is 12.8 Å². The van der Waals surface area contributed by atoms with E-state index in [1.807, 2.05) is 4.68 Å². The Bertz CT molecular complexity index is 370. The number of rotatable bonds is 13. The topological polar surface area (TPSA) is 56.7 Å². The second-order valence-electron chi connectivity index (χ2n) is 7.18. The molecule has 4 nitrogen and oxygen atoms in total. The maximum absolute atomic E-state index is 6.92. The number of aromatic nitrogens is 3. The Balaban J connectivity index is 2.84. The molecule has 2 atom stereocenters. The fourth-order valence-corrected chi connectivity index (χ4v) is 3.60. The molecule has 0 saturated heterocycles. The highest BCUT2D eigenvalue weighted by atomic mass is 15.4. The summed E-state index contributed by atoms with van der Waals surface area (Å²) in [6, 6.07) is 0. The molecule has 0 bridgehead atoms. The highest BCUT2D eigenvalue weighted by Gasteiger charge is 2.33. The van der Waals surface area contributed by atoms with Crippen molar-refractivity contribution in [3.8, 4) is 0 Å². The molecule has 2 unspecified atom stereocenters. The van der Waals surface area contributed by atoms with Crippen LogP contribution in [-0.2, 0) is 5.66 Å². The summed E-state index contributed by atoms with van der Waals surface area (Å²) < 4.78 is 1.93. The Morgan fingerprint density at radius 1 is 0.957 bits per heavy atom. The van der Waals surface area contributed by atoms with Crippen LogP contribution in [0.2, 0.25) is 0 Å². The smallest absolute Gasteiger partial charge is 0.137 e. The Hall–Kier alpha value is -0.900. The van der Waals surface area contributed by atoms with Gasteiger partial charge in [0.05, 0.1) is 0 Å². The molecule has 0 spiro atoms. The van der Waals surface area contributed by atoms with E-state index in [1.165, 1.54) is 51.4 Å². The minimum Gasteiger partial charge on any atom is -0.307 e. The maximum Gasteiger partial charge on any atom is 0.137 e. The first kappa shape index (κ1) is 20.1. The fraction of sp³-hybridized carbons (Fsp3) is 0.895. The third kappa shape index (κ3) is 6.62. The Kier molecular flexibility index (Phi) is 9.46. The summed E-state index contributed by atoms with van der Waals surface area (Å²) in [5, 5.41) is 4.40. The zero-order valence-electron chi connectivity index (χ0n) is 15.8. The van der Waals surface area contributed by atoms with Crippen molar-refractivity contribution in [1.29, 1.82) is 0 Å². The van der Waals surface area contributed by atoms with Crippen LogP contribution in [0.25, 0.3) is 0 Å². The highest BCUT2D eigenvalue weighted by Crippen LogP contribution is 2.33. The van der Waals surface area contributed by atoms with Crippen LogP contribution in [0.3, 0.4) is 0 Å². The lowest BCUT2D eigenvalue weighted by molar-refractivity contribution is 0.142. The van der Waals surface area contributed by atoms with Crippen LogP contribution in [0.1, 0.15) is 91.9 Å². The van der Waals surface area contributed by atoms with E-state index in [1.54, 1.807) is 12.7 Å². The molecule has 0 aromatic carbocycles. The van der Waals surface area contributed by atoms with Gasteiger partial charge in [0.15, 0.2) is 0 Å². The van der Waals surface area contributed by atoms with Gasteiger partial charge in [-0.2, -0.15) is 5.10 Å². The minimum absolute atomic E-state index is 0.390. The molecule has 1 aromatic rings. The summed E-state index contributed by atoms with van der Waals surface area (Å²) in [5.41, 5.74) is 6.53. The third-order valence-corrected chi connectivity index (χ3v) is 5.25. The van der Waals surface area contributed by atoms with Gasteiger partial charge in [-0.25, -0.2) is 9.67 Å². The number of hydrogen-bond donors (Lipinski definition) is 1. The lowest BCUT2D eigenvalue weighted by Crippen LogP contribution is -2.46. The SMILES string of the molecule is CCCCC(CC)CC(N)(CC(CC)CCCC)n1cncn1.